The van der Waals surface area contributed by atoms with Gasteiger partial charge in [0, 0.05) is 18.2 Å². The summed E-state index contributed by atoms with van der Waals surface area (Å²) < 4.78 is 5.43. The number of carbonyl (C=O) groups excluding carboxylic acids is 1. The second-order valence-corrected chi connectivity index (χ2v) is 4.41. The molecule has 20 heavy (non-hydrogen) atoms. The Morgan fingerprint density at radius 2 is 2.00 bits per heavy atom. The summed E-state index contributed by atoms with van der Waals surface area (Å²) in [4.78, 5) is 11.8. The van der Waals surface area contributed by atoms with Gasteiger partial charge in [0.15, 0.2) is 0 Å². The van der Waals surface area contributed by atoms with Gasteiger partial charge < -0.3 is 15.2 Å². The van der Waals surface area contributed by atoms with Crippen molar-refractivity contribution in [3.8, 4) is 5.75 Å². The van der Waals surface area contributed by atoms with E-state index in [4.69, 9.17) is 9.84 Å². The number of ether oxygens (including phenoxy) is 1. The van der Waals surface area contributed by atoms with Gasteiger partial charge in [0.2, 0.25) is 5.91 Å². The molecule has 0 fully saturated rings. The number of hydrogen-bond donors (Lipinski definition) is 2. The molecule has 1 amide bonds. The van der Waals surface area contributed by atoms with E-state index in [0.29, 0.717) is 12.3 Å². The van der Waals surface area contributed by atoms with E-state index < -0.39 is 0 Å². The second kappa shape index (κ2) is 9.15. The maximum atomic E-state index is 11.8. The van der Waals surface area contributed by atoms with Crippen LogP contribution in [0.1, 0.15) is 32.3 Å². The van der Waals surface area contributed by atoms with Crippen LogP contribution >= 0.6 is 0 Å². The third-order valence-corrected chi connectivity index (χ3v) is 3.02. The Balaban J connectivity index is 2.61. The first kappa shape index (κ1) is 16.2. The van der Waals surface area contributed by atoms with Crippen LogP contribution in [0.5, 0.6) is 5.75 Å². The summed E-state index contributed by atoms with van der Waals surface area (Å²) in [6.07, 6.45) is 3.44. The Morgan fingerprint density at radius 1 is 1.30 bits per heavy atom. The summed E-state index contributed by atoms with van der Waals surface area (Å²) in [6, 6.07) is 7.49. The highest BCUT2D eigenvalue weighted by Gasteiger charge is 2.04. The van der Waals surface area contributed by atoms with Crippen LogP contribution in [0.15, 0.2) is 35.9 Å². The van der Waals surface area contributed by atoms with E-state index in [1.807, 2.05) is 38.1 Å². The summed E-state index contributed by atoms with van der Waals surface area (Å²) >= 11 is 0. The van der Waals surface area contributed by atoms with E-state index in [2.05, 4.69) is 5.32 Å². The average Bonchev–Trinajstić information content (AvgIpc) is 2.49. The number of aliphatic hydroxyl groups is 1. The summed E-state index contributed by atoms with van der Waals surface area (Å²) in [5, 5.41) is 11.6. The number of aliphatic hydroxyl groups excluding tert-OH is 1. The smallest absolute Gasteiger partial charge is 0.244 e. The van der Waals surface area contributed by atoms with Crippen LogP contribution in [-0.4, -0.2) is 24.2 Å². The second-order valence-electron chi connectivity index (χ2n) is 4.41. The highest BCUT2D eigenvalue weighted by Crippen LogP contribution is 2.17. The van der Waals surface area contributed by atoms with Crippen LogP contribution in [0.25, 0.3) is 0 Å². The van der Waals surface area contributed by atoms with Crippen LogP contribution in [-0.2, 0) is 11.3 Å². The number of nitrogens with one attached hydrogen (secondary N) is 1. The van der Waals surface area contributed by atoms with E-state index in [1.54, 1.807) is 6.08 Å². The topological polar surface area (TPSA) is 58.6 Å². The third kappa shape index (κ3) is 5.45. The molecule has 0 bridgehead atoms. The fourth-order valence-electron chi connectivity index (χ4n) is 1.82. The molecule has 0 aliphatic rings. The van der Waals surface area contributed by atoms with Crippen molar-refractivity contribution >= 4 is 5.91 Å². The Labute approximate surface area is 120 Å². The van der Waals surface area contributed by atoms with E-state index in [1.165, 1.54) is 0 Å². The zero-order chi connectivity index (χ0) is 14.8. The molecule has 0 aliphatic carbocycles. The number of amides is 1. The first-order valence-corrected chi connectivity index (χ1v) is 7.00. The molecular weight excluding hydrogens is 254 g/mol. The van der Waals surface area contributed by atoms with Gasteiger partial charge >= 0.3 is 0 Å². The summed E-state index contributed by atoms with van der Waals surface area (Å²) in [5.41, 5.74) is 2.03. The van der Waals surface area contributed by atoms with Crippen molar-refractivity contribution in [3.05, 3.63) is 41.5 Å². The van der Waals surface area contributed by atoms with Crippen molar-refractivity contribution in [1.29, 1.82) is 0 Å². The van der Waals surface area contributed by atoms with Gasteiger partial charge in [0.05, 0.1) is 6.61 Å². The molecule has 0 saturated carbocycles. The maximum Gasteiger partial charge on any atom is 0.244 e. The zero-order valence-corrected chi connectivity index (χ0v) is 12.2. The minimum atomic E-state index is -0.0827. The van der Waals surface area contributed by atoms with Gasteiger partial charge in [-0.05, 0) is 18.9 Å². The van der Waals surface area contributed by atoms with Crippen LogP contribution < -0.4 is 10.1 Å². The number of hydrogen-bond acceptors (Lipinski definition) is 3. The van der Waals surface area contributed by atoms with Gasteiger partial charge in [0.25, 0.3) is 0 Å². The highest BCUT2D eigenvalue weighted by molar-refractivity contribution is 5.88. The number of para-hydroxylation sites is 1. The van der Waals surface area contributed by atoms with E-state index in [0.717, 1.165) is 24.0 Å². The molecule has 1 aromatic carbocycles. The molecule has 2 N–H and O–H groups in total. The summed E-state index contributed by atoms with van der Waals surface area (Å²) in [6.45, 7) is 4.72. The fourth-order valence-corrected chi connectivity index (χ4v) is 1.82. The first-order chi connectivity index (χ1) is 9.71. The molecule has 0 unspecified atom stereocenters. The van der Waals surface area contributed by atoms with E-state index in [9.17, 15) is 4.79 Å². The molecule has 4 heteroatoms. The first-order valence-electron chi connectivity index (χ1n) is 7.00. The monoisotopic (exact) mass is 277 g/mol. The number of allylic oxidation sites excluding steroid dienone is 1. The van der Waals surface area contributed by atoms with Crippen LogP contribution in [0.3, 0.4) is 0 Å². The molecule has 0 spiro atoms. The maximum absolute atomic E-state index is 11.8. The molecular formula is C16H23NO3. The summed E-state index contributed by atoms with van der Waals surface area (Å²) in [7, 11) is 0. The van der Waals surface area contributed by atoms with E-state index in [-0.39, 0.29) is 19.1 Å². The molecule has 0 radical (unpaired) electrons. The predicted octanol–water partition coefficient (Wildman–Crippen LogP) is 2.42. The molecule has 4 nitrogen and oxygen atoms in total. The quantitative estimate of drug-likeness (QED) is 0.717. The Morgan fingerprint density at radius 3 is 2.65 bits per heavy atom. The minimum Gasteiger partial charge on any atom is -0.491 e. The predicted molar refractivity (Wildman–Crippen MR) is 79.5 cm³/mol. The van der Waals surface area contributed by atoms with Gasteiger partial charge in [-0.25, -0.2) is 0 Å². The number of carbonyl (C=O) groups is 1. The molecule has 0 aromatic heterocycles. The molecule has 1 rings (SSSR count). The van der Waals surface area contributed by atoms with Gasteiger partial charge in [0.1, 0.15) is 12.4 Å². The lowest BCUT2D eigenvalue weighted by atomic mass is 10.1. The third-order valence-electron chi connectivity index (χ3n) is 3.02. The standard InChI is InChI=1S/C16H23NO3/c1-3-13(4-2)11-16(19)17-12-14-7-5-6-8-15(14)20-10-9-18/h5-8,11,18H,3-4,9-10,12H2,1-2H3,(H,17,19). The molecule has 1 aromatic rings. The summed E-state index contributed by atoms with van der Waals surface area (Å²) in [5.74, 6) is 0.609. The number of rotatable bonds is 8. The highest BCUT2D eigenvalue weighted by atomic mass is 16.5. The Kier molecular flexibility index (Phi) is 7.43. The van der Waals surface area contributed by atoms with Crippen LogP contribution in [0.2, 0.25) is 0 Å². The van der Waals surface area contributed by atoms with Crippen molar-refractivity contribution in [2.45, 2.75) is 33.2 Å². The lowest BCUT2D eigenvalue weighted by Crippen LogP contribution is -2.21. The van der Waals surface area contributed by atoms with Gasteiger partial charge in [-0.1, -0.05) is 37.6 Å². The van der Waals surface area contributed by atoms with Gasteiger partial charge in [-0.15, -0.1) is 0 Å². The van der Waals surface area contributed by atoms with Crippen LogP contribution in [0.4, 0.5) is 0 Å². The van der Waals surface area contributed by atoms with Crippen molar-refractivity contribution in [3.63, 3.8) is 0 Å². The van der Waals surface area contributed by atoms with Crippen molar-refractivity contribution in [2.75, 3.05) is 13.2 Å². The molecule has 110 valence electrons. The van der Waals surface area contributed by atoms with Crippen molar-refractivity contribution < 1.29 is 14.6 Å². The fraction of sp³-hybridized carbons (Fsp3) is 0.438. The molecule has 0 heterocycles. The number of benzene rings is 1. The normalized spacial score (nSPS) is 9.95. The van der Waals surface area contributed by atoms with Crippen LogP contribution in [0, 0.1) is 0 Å². The zero-order valence-electron chi connectivity index (χ0n) is 12.2. The average molecular weight is 277 g/mol. The van der Waals surface area contributed by atoms with Gasteiger partial charge in [-0.2, -0.15) is 0 Å². The molecule has 0 aliphatic heterocycles. The van der Waals surface area contributed by atoms with Crippen molar-refractivity contribution in [2.24, 2.45) is 0 Å². The SMILES string of the molecule is CCC(=CC(=O)NCc1ccccc1OCCO)CC. The largest absolute Gasteiger partial charge is 0.491 e. The van der Waals surface area contributed by atoms with Crippen molar-refractivity contribution in [1.82, 2.24) is 5.32 Å². The Hall–Kier alpha value is -1.81. The molecule has 0 atom stereocenters. The lowest BCUT2D eigenvalue weighted by molar-refractivity contribution is -0.116. The Bertz CT molecular complexity index is 449. The van der Waals surface area contributed by atoms with E-state index >= 15 is 0 Å². The minimum absolute atomic E-state index is 0.0280. The lowest BCUT2D eigenvalue weighted by Gasteiger charge is -2.11. The van der Waals surface area contributed by atoms with Gasteiger partial charge in [-0.3, -0.25) is 4.79 Å². The molecule has 0 saturated heterocycles.